The first kappa shape index (κ1) is 15.8. The second kappa shape index (κ2) is 6.60. The first-order chi connectivity index (χ1) is 11.1. The normalized spacial score (nSPS) is 16.3. The van der Waals surface area contributed by atoms with Gasteiger partial charge in [-0.15, -0.1) is 0 Å². The van der Waals surface area contributed by atoms with Crippen LogP contribution in [0.4, 0.5) is 10.5 Å². The molecule has 1 aliphatic heterocycles. The van der Waals surface area contributed by atoms with Gasteiger partial charge in [-0.3, -0.25) is 9.59 Å². The lowest BCUT2D eigenvalue weighted by Gasteiger charge is -2.12. The zero-order chi connectivity index (χ0) is 16.4. The molecule has 23 heavy (non-hydrogen) atoms. The number of carbonyl (C=O) groups excluding carboxylic acids is 2. The summed E-state index contributed by atoms with van der Waals surface area (Å²) < 4.78 is 6.00. The zero-order valence-corrected chi connectivity index (χ0v) is 14.6. The van der Waals surface area contributed by atoms with Crippen molar-refractivity contribution in [1.29, 1.82) is 0 Å². The summed E-state index contributed by atoms with van der Waals surface area (Å²) in [5.41, 5.74) is 1.39. The molecule has 1 heterocycles. The fraction of sp³-hybridized carbons (Fsp3) is 0.0588. The third-order valence-corrected chi connectivity index (χ3v) is 4.63. The largest absolute Gasteiger partial charge is 0.497 e. The molecule has 0 N–H and O–H groups in total. The Morgan fingerprint density at radius 1 is 1.13 bits per heavy atom. The molecular weight excluding hydrogens is 378 g/mol. The predicted molar refractivity (Wildman–Crippen MR) is 95.6 cm³/mol. The summed E-state index contributed by atoms with van der Waals surface area (Å²) in [5, 5.41) is -0.304. The number of amides is 2. The molecule has 3 rings (SSSR count). The molecular formula is C17H12BrNO3S. The zero-order valence-electron chi connectivity index (χ0n) is 12.2. The Morgan fingerprint density at radius 2 is 1.87 bits per heavy atom. The van der Waals surface area contributed by atoms with E-state index in [0.717, 1.165) is 21.8 Å². The van der Waals surface area contributed by atoms with E-state index in [1.165, 1.54) is 4.90 Å². The van der Waals surface area contributed by atoms with Crippen molar-refractivity contribution in [3.8, 4) is 5.75 Å². The van der Waals surface area contributed by atoms with Crippen molar-refractivity contribution in [3.63, 3.8) is 0 Å². The summed E-state index contributed by atoms with van der Waals surface area (Å²) in [7, 11) is 1.57. The van der Waals surface area contributed by atoms with Crippen LogP contribution in [-0.4, -0.2) is 18.3 Å². The first-order valence-corrected chi connectivity index (χ1v) is 8.37. The second-order valence-electron chi connectivity index (χ2n) is 4.77. The number of rotatable bonds is 3. The van der Waals surface area contributed by atoms with E-state index in [1.54, 1.807) is 37.5 Å². The number of imide groups is 1. The number of benzene rings is 2. The number of anilines is 1. The highest BCUT2D eigenvalue weighted by atomic mass is 79.9. The number of carbonyl (C=O) groups is 2. The number of nitrogens with zero attached hydrogens (tertiary/aromatic N) is 1. The monoisotopic (exact) mass is 389 g/mol. The lowest BCUT2D eigenvalue weighted by molar-refractivity contribution is -0.113. The van der Waals surface area contributed by atoms with Crippen molar-refractivity contribution in [1.82, 2.24) is 0 Å². The van der Waals surface area contributed by atoms with Crippen LogP contribution in [0.25, 0.3) is 6.08 Å². The van der Waals surface area contributed by atoms with E-state index in [-0.39, 0.29) is 11.1 Å². The van der Waals surface area contributed by atoms with E-state index in [0.29, 0.717) is 16.3 Å². The molecule has 0 bridgehead atoms. The van der Waals surface area contributed by atoms with Crippen LogP contribution in [0, 0.1) is 0 Å². The van der Waals surface area contributed by atoms with Gasteiger partial charge in [0.1, 0.15) is 5.75 Å². The average Bonchev–Trinajstić information content (AvgIpc) is 2.81. The molecule has 0 spiro atoms. The molecule has 0 saturated carbocycles. The lowest BCUT2D eigenvalue weighted by Crippen LogP contribution is -2.27. The van der Waals surface area contributed by atoms with Gasteiger partial charge in [0.05, 0.1) is 17.7 Å². The maximum Gasteiger partial charge on any atom is 0.298 e. The summed E-state index contributed by atoms with van der Waals surface area (Å²) in [6, 6.07) is 14.4. The van der Waals surface area contributed by atoms with Gasteiger partial charge >= 0.3 is 0 Å². The Bertz CT molecular complexity index is 802. The molecule has 2 aromatic rings. The number of thioether (sulfide) groups is 1. The number of halogens is 1. The number of ether oxygens (including phenoxy) is 1. The van der Waals surface area contributed by atoms with Crippen LogP contribution in [0.5, 0.6) is 5.75 Å². The van der Waals surface area contributed by atoms with E-state index in [2.05, 4.69) is 15.9 Å². The minimum Gasteiger partial charge on any atom is -0.497 e. The molecule has 0 aromatic heterocycles. The summed E-state index contributed by atoms with van der Waals surface area (Å²) in [5.74, 6) is 0.357. The van der Waals surface area contributed by atoms with Crippen LogP contribution in [-0.2, 0) is 4.79 Å². The summed E-state index contributed by atoms with van der Waals surface area (Å²) >= 11 is 4.33. The molecule has 0 unspecified atom stereocenters. The second-order valence-corrected chi connectivity index (χ2v) is 6.68. The van der Waals surface area contributed by atoms with Crippen LogP contribution < -0.4 is 9.64 Å². The molecule has 0 atom stereocenters. The molecule has 1 fully saturated rings. The van der Waals surface area contributed by atoms with E-state index < -0.39 is 0 Å². The topological polar surface area (TPSA) is 46.6 Å². The minimum atomic E-state index is -0.315. The van der Waals surface area contributed by atoms with Crippen LogP contribution in [0.3, 0.4) is 0 Å². The Morgan fingerprint density at radius 3 is 2.52 bits per heavy atom. The summed E-state index contributed by atoms with van der Waals surface area (Å²) in [6.07, 6.45) is 1.72. The van der Waals surface area contributed by atoms with Crippen LogP contribution in [0.15, 0.2) is 57.9 Å². The van der Waals surface area contributed by atoms with E-state index >= 15 is 0 Å². The van der Waals surface area contributed by atoms with Crippen LogP contribution >= 0.6 is 27.7 Å². The van der Waals surface area contributed by atoms with Crippen LogP contribution in [0.1, 0.15) is 5.56 Å². The highest BCUT2D eigenvalue weighted by molar-refractivity contribution is 9.10. The summed E-state index contributed by atoms with van der Waals surface area (Å²) in [4.78, 5) is 26.3. The Kier molecular flexibility index (Phi) is 4.54. The highest BCUT2D eigenvalue weighted by Crippen LogP contribution is 2.36. The standard InChI is InChI=1S/C17H12BrNO3S/c1-22-14-7-5-13(6-8-14)19-16(20)15(23-17(19)21)10-11-3-2-4-12(18)9-11/h2-10H,1H3/b15-10-. The van der Waals surface area contributed by atoms with Gasteiger partial charge in [-0.1, -0.05) is 28.1 Å². The van der Waals surface area contributed by atoms with E-state index in [1.807, 2.05) is 24.3 Å². The molecule has 1 saturated heterocycles. The molecule has 2 amide bonds. The van der Waals surface area contributed by atoms with Crippen LogP contribution in [0.2, 0.25) is 0 Å². The number of methoxy groups -OCH3 is 1. The van der Waals surface area contributed by atoms with Gasteiger partial charge < -0.3 is 4.74 Å². The molecule has 6 heteroatoms. The SMILES string of the molecule is COc1ccc(N2C(=O)S/C(=C\c3cccc(Br)c3)C2=O)cc1. The minimum absolute atomic E-state index is 0.304. The molecule has 0 radical (unpaired) electrons. The maximum atomic E-state index is 12.5. The number of hydrogen-bond acceptors (Lipinski definition) is 4. The molecule has 4 nitrogen and oxygen atoms in total. The van der Waals surface area contributed by atoms with Crippen molar-refractivity contribution in [2.45, 2.75) is 0 Å². The smallest absolute Gasteiger partial charge is 0.298 e. The van der Waals surface area contributed by atoms with Gasteiger partial charge in [0.15, 0.2) is 0 Å². The molecule has 0 aliphatic carbocycles. The van der Waals surface area contributed by atoms with Gasteiger partial charge in [-0.2, -0.15) is 0 Å². The third kappa shape index (κ3) is 3.33. The van der Waals surface area contributed by atoms with Crippen molar-refractivity contribution in [2.75, 3.05) is 12.0 Å². The molecule has 116 valence electrons. The van der Waals surface area contributed by atoms with Crippen molar-refractivity contribution in [2.24, 2.45) is 0 Å². The highest BCUT2D eigenvalue weighted by Gasteiger charge is 2.36. The van der Waals surface area contributed by atoms with Gasteiger partial charge in [0.25, 0.3) is 11.1 Å². The Labute approximate surface area is 146 Å². The first-order valence-electron chi connectivity index (χ1n) is 6.76. The Hall–Kier alpha value is -2.05. The molecule has 1 aliphatic rings. The summed E-state index contributed by atoms with van der Waals surface area (Å²) in [6.45, 7) is 0. The predicted octanol–water partition coefficient (Wildman–Crippen LogP) is 4.70. The van der Waals surface area contributed by atoms with Crippen molar-refractivity contribution >= 4 is 50.6 Å². The Balaban J connectivity index is 1.90. The maximum absolute atomic E-state index is 12.5. The van der Waals surface area contributed by atoms with Crippen molar-refractivity contribution in [3.05, 3.63) is 63.5 Å². The fourth-order valence-electron chi connectivity index (χ4n) is 2.17. The number of hydrogen-bond donors (Lipinski definition) is 0. The average molecular weight is 390 g/mol. The molecule has 2 aromatic carbocycles. The van der Waals surface area contributed by atoms with E-state index in [9.17, 15) is 9.59 Å². The van der Waals surface area contributed by atoms with Crippen molar-refractivity contribution < 1.29 is 14.3 Å². The van der Waals surface area contributed by atoms with Gasteiger partial charge in [-0.25, -0.2) is 4.90 Å². The lowest BCUT2D eigenvalue weighted by atomic mass is 10.2. The van der Waals surface area contributed by atoms with E-state index in [4.69, 9.17) is 4.74 Å². The van der Waals surface area contributed by atoms with Gasteiger partial charge in [0.2, 0.25) is 0 Å². The third-order valence-electron chi connectivity index (χ3n) is 3.27. The van der Waals surface area contributed by atoms with Gasteiger partial charge in [-0.05, 0) is 59.8 Å². The quantitative estimate of drug-likeness (QED) is 0.713. The van der Waals surface area contributed by atoms with Gasteiger partial charge in [0, 0.05) is 4.47 Å². The fourth-order valence-corrected chi connectivity index (χ4v) is 3.43.